The van der Waals surface area contributed by atoms with Gasteiger partial charge in [-0.2, -0.15) is 0 Å². The Labute approximate surface area is 134 Å². The van der Waals surface area contributed by atoms with Crippen LogP contribution in [-0.2, 0) is 17.6 Å². The Balaban J connectivity index is 1.83. The van der Waals surface area contributed by atoms with Crippen LogP contribution in [-0.4, -0.2) is 36.6 Å². The smallest absolute Gasteiger partial charge is 0.224 e. The van der Waals surface area contributed by atoms with Gasteiger partial charge in [0, 0.05) is 37.5 Å². The zero-order valence-electron chi connectivity index (χ0n) is 13.1. The summed E-state index contributed by atoms with van der Waals surface area (Å²) in [6, 6.07) is 6.90. The molecule has 0 atom stereocenters. The number of rotatable bonds is 6. The summed E-state index contributed by atoms with van der Waals surface area (Å²) < 4.78 is 0. The van der Waals surface area contributed by atoms with Crippen molar-refractivity contribution in [2.45, 2.75) is 19.8 Å². The fourth-order valence-electron chi connectivity index (χ4n) is 2.05. The van der Waals surface area contributed by atoms with Crippen LogP contribution in [0.15, 0.2) is 24.3 Å². The molecule has 0 aliphatic heterocycles. The molecular weight excluding hydrogens is 298 g/mol. The number of carbonyl (C=O) groups excluding carboxylic acids is 1. The maximum atomic E-state index is 11.9. The quantitative estimate of drug-likeness (QED) is 0.856. The molecule has 0 unspecified atom stereocenters. The first-order valence-corrected chi connectivity index (χ1v) is 7.96. The molecule has 0 fully saturated rings. The molecule has 0 aliphatic carbocycles. The summed E-state index contributed by atoms with van der Waals surface area (Å²) in [5.74, 6) is 0.0723. The molecule has 2 rings (SSSR count). The third kappa shape index (κ3) is 4.21. The molecule has 0 aliphatic rings. The standard InChI is InChI=1S/C16H21N3O2S/c1-11-14(22-16(18-11)19(2)3)8-9-17-15(21)10-12-6-4-5-7-13(12)20/h4-7,20H,8-10H2,1-3H3,(H,17,21). The number of hydrogen-bond acceptors (Lipinski definition) is 5. The van der Waals surface area contributed by atoms with Crippen LogP contribution in [0.5, 0.6) is 5.75 Å². The number of aromatic nitrogens is 1. The molecule has 2 aromatic rings. The van der Waals surface area contributed by atoms with Crippen LogP contribution in [0.3, 0.4) is 0 Å². The number of amides is 1. The van der Waals surface area contributed by atoms with Crippen molar-refractivity contribution in [3.8, 4) is 5.75 Å². The number of anilines is 1. The second-order valence-corrected chi connectivity index (χ2v) is 6.37. The normalized spacial score (nSPS) is 10.5. The van der Waals surface area contributed by atoms with Gasteiger partial charge in [-0.05, 0) is 13.0 Å². The number of phenols is 1. The zero-order chi connectivity index (χ0) is 16.1. The monoisotopic (exact) mass is 319 g/mol. The van der Waals surface area contributed by atoms with Crippen molar-refractivity contribution in [3.05, 3.63) is 40.4 Å². The van der Waals surface area contributed by atoms with Crippen molar-refractivity contribution in [1.29, 1.82) is 0 Å². The van der Waals surface area contributed by atoms with Gasteiger partial charge in [0.15, 0.2) is 5.13 Å². The molecule has 22 heavy (non-hydrogen) atoms. The summed E-state index contributed by atoms with van der Waals surface area (Å²) in [7, 11) is 3.94. The molecule has 1 aromatic carbocycles. The second kappa shape index (κ2) is 7.26. The summed E-state index contributed by atoms with van der Waals surface area (Å²) in [5, 5.41) is 13.5. The second-order valence-electron chi connectivity index (χ2n) is 5.30. The lowest BCUT2D eigenvalue weighted by Gasteiger charge is -2.06. The fraction of sp³-hybridized carbons (Fsp3) is 0.375. The molecule has 0 saturated carbocycles. The topological polar surface area (TPSA) is 65.5 Å². The van der Waals surface area contributed by atoms with E-state index in [1.807, 2.05) is 32.0 Å². The maximum absolute atomic E-state index is 11.9. The van der Waals surface area contributed by atoms with Crippen LogP contribution in [0.1, 0.15) is 16.1 Å². The van der Waals surface area contributed by atoms with Gasteiger partial charge in [-0.25, -0.2) is 4.98 Å². The van der Waals surface area contributed by atoms with Crippen molar-refractivity contribution >= 4 is 22.4 Å². The van der Waals surface area contributed by atoms with Crippen molar-refractivity contribution in [2.75, 3.05) is 25.5 Å². The Hall–Kier alpha value is -2.08. The van der Waals surface area contributed by atoms with E-state index in [1.165, 1.54) is 4.88 Å². The number of thiazole rings is 1. The largest absolute Gasteiger partial charge is 0.508 e. The molecule has 1 amide bonds. The van der Waals surface area contributed by atoms with Gasteiger partial charge >= 0.3 is 0 Å². The third-order valence-corrected chi connectivity index (χ3v) is 4.67. The first kappa shape index (κ1) is 16.3. The summed E-state index contributed by atoms with van der Waals surface area (Å²) in [6.45, 7) is 2.56. The number of phenolic OH excluding ortho intramolecular Hbond substituents is 1. The number of nitrogens with one attached hydrogen (secondary N) is 1. The average Bonchev–Trinajstić information content (AvgIpc) is 2.83. The molecule has 118 valence electrons. The predicted molar refractivity (Wildman–Crippen MR) is 89.7 cm³/mol. The van der Waals surface area contributed by atoms with E-state index < -0.39 is 0 Å². The van der Waals surface area contributed by atoms with Gasteiger partial charge in [0.2, 0.25) is 5.91 Å². The van der Waals surface area contributed by atoms with Crippen LogP contribution in [0.4, 0.5) is 5.13 Å². The lowest BCUT2D eigenvalue weighted by atomic mass is 10.1. The van der Waals surface area contributed by atoms with Crippen molar-refractivity contribution in [2.24, 2.45) is 0 Å². The van der Waals surface area contributed by atoms with Crippen LogP contribution in [0.25, 0.3) is 0 Å². The van der Waals surface area contributed by atoms with Gasteiger partial charge in [0.25, 0.3) is 0 Å². The number of nitrogens with zero attached hydrogens (tertiary/aromatic N) is 2. The molecule has 6 heteroatoms. The molecular formula is C16H21N3O2S. The van der Waals surface area contributed by atoms with Gasteiger partial charge in [0.05, 0.1) is 12.1 Å². The highest BCUT2D eigenvalue weighted by atomic mass is 32.1. The van der Waals surface area contributed by atoms with Gasteiger partial charge in [-0.3, -0.25) is 4.79 Å². The van der Waals surface area contributed by atoms with Crippen LogP contribution < -0.4 is 10.2 Å². The van der Waals surface area contributed by atoms with Crippen molar-refractivity contribution in [3.63, 3.8) is 0 Å². The van der Waals surface area contributed by atoms with E-state index >= 15 is 0 Å². The minimum Gasteiger partial charge on any atom is -0.508 e. The van der Waals surface area contributed by atoms with E-state index in [0.717, 1.165) is 17.2 Å². The SMILES string of the molecule is Cc1nc(N(C)C)sc1CCNC(=O)Cc1ccccc1O. The summed E-state index contributed by atoms with van der Waals surface area (Å²) in [4.78, 5) is 19.6. The highest BCUT2D eigenvalue weighted by molar-refractivity contribution is 7.15. The van der Waals surface area contributed by atoms with Gasteiger partial charge < -0.3 is 15.3 Å². The number of benzene rings is 1. The Morgan fingerprint density at radius 2 is 2.09 bits per heavy atom. The molecule has 0 saturated heterocycles. The van der Waals surface area contributed by atoms with Crippen molar-refractivity contribution < 1.29 is 9.90 Å². The minimum atomic E-state index is -0.0866. The molecule has 0 spiro atoms. The highest BCUT2D eigenvalue weighted by Crippen LogP contribution is 2.24. The van der Waals surface area contributed by atoms with E-state index in [2.05, 4.69) is 10.3 Å². The summed E-state index contributed by atoms with van der Waals surface area (Å²) >= 11 is 1.65. The molecule has 2 N–H and O–H groups in total. The van der Waals surface area contributed by atoms with Gasteiger partial charge in [-0.1, -0.05) is 18.2 Å². The average molecular weight is 319 g/mol. The predicted octanol–water partition coefficient (Wildman–Crippen LogP) is 2.12. The first-order valence-electron chi connectivity index (χ1n) is 7.14. The molecule has 0 radical (unpaired) electrons. The van der Waals surface area contributed by atoms with E-state index in [0.29, 0.717) is 12.1 Å². The Morgan fingerprint density at radius 1 is 1.36 bits per heavy atom. The molecule has 1 heterocycles. The Morgan fingerprint density at radius 3 is 2.73 bits per heavy atom. The van der Waals surface area contributed by atoms with E-state index in [1.54, 1.807) is 29.5 Å². The summed E-state index contributed by atoms with van der Waals surface area (Å²) in [5.41, 5.74) is 1.66. The van der Waals surface area contributed by atoms with Gasteiger partial charge in [-0.15, -0.1) is 11.3 Å². The number of hydrogen-bond donors (Lipinski definition) is 2. The lowest BCUT2D eigenvalue weighted by molar-refractivity contribution is -0.120. The van der Waals surface area contributed by atoms with Gasteiger partial charge in [0.1, 0.15) is 5.75 Å². The molecule has 5 nitrogen and oxygen atoms in total. The highest BCUT2D eigenvalue weighted by Gasteiger charge is 2.10. The first-order chi connectivity index (χ1) is 10.5. The molecule has 1 aromatic heterocycles. The zero-order valence-corrected chi connectivity index (χ0v) is 13.9. The van der Waals surface area contributed by atoms with E-state index in [4.69, 9.17) is 0 Å². The molecule has 0 bridgehead atoms. The lowest BCUT2D eigenvalue weighted by Crippen LogP contribution is -2.27. The minimum absolute atomic E-state index is 0.0866. The number of carbonyl (C=O) groups is 1. The fourth-order valence-corrected chi connectivity index (χ4v) is 3.03. The number of aromatic hydroxyl groups is 1. The van der Waals surface area contributed by atoms with Crippen LogP contribution in [0, 0.1) is 6.92 Å². The van der Waals surface area contributed by atoms with Crippen molar-refractivity contribution in [1.82, 2.24) is 10.3 Å². The Kier molecular flexibility index (Phi) is 5.38. The maximum Gasteiger partial charge on any atom is 0.224 e. The number of aryl methyl sites for hydroxylation is 1. The Bertz CT molecular complexity index is 653. The van der Waals surface area contributed by atoms with Crippen LogP contribution >= 0.6 is 11.3 Å². The van der Waals surface area contributed by atoms with E-state index in [9.17, 15) is 9.90 Å². The van der Waals surface area contributed by atoms with Crippen LogP contribution in [0.2, 0.25) is 0 Å². The summed E-state index contributed by atoms with van der Waals surface area (Å²) in [6.07, 6.45) is 0.959. The third-order valence-electron chi connectivity index (χ3n) is 3.28. The van der Waals surface area contributed by atoms with E-state index in [-0.39, 0.29) is 18.1 Å². The number of para-hydroxylation sites is 1.